The van der Waals surface area contributed by atoms with Crippen molar-refractivity contribution in [2.45, 2.75) is 19.9 Å². The van der Waals surface area contributed by atoms with E-state index >= 15 is 0 Å². The first-order valence-corrected chi connectivity index (χ1v) is 6.42. The van der Waals surface area contributed by atoms with Crippen molar-refractivity contribution in [1.29, 1.82) is 0 Å². The molecule has 2 aromatic heterocycles. The summed E-state index contributed by atoms with van der Waals surface area (Å²) in [5.74, 6) is 1.39. The topological polar surface area (TPSA) is 96.7 Å². The fraction of sp³-hybridized carbons (Fsp3) is 0.333. The van der Waals surface area contributed by atoms with Gasteiger partial charge in [0.15, 0.2) is 0 Å². The van der Waals surface area contributed by atoms with E-state index in [1.54, 1.807) is 12.4 Å². The number of nitrogens with one attached hydrogen (secondary N) is 2. The molecule has 2 N–H and O–H groups in total. The Morgan fingerprint density at radius 1 is 1.45 bits per heavy atom. The van der Waals surface area contributed by atoms with Crippen LogP contribution in [0.5, 0.6) is 0 Å². The van der Waals surface area contributed by atoms with Crippen molar-refractivity contribution < 1.29 is 4.92 Å². The number of pyridine rings is 1. The van der Waals surface area contributed by atoms with Crippen LogP contribution in [-0.4, -0.2) is 19.9 Å². The zero-order valence-electron chi connectivity index (χ0n) is 11.0. The van der Waals surface area contributed by atoms with E-state index < -0.39 is 4.92 Å². The van der Waals surface area contributed by atoms with Crippen LogP contribution < -0.4 is 5.32 Å². The van der Waals surface area contributed by atoms with Crippen molar-refractivity contribution in [3.8, 4) is 0 Å². The highest BCUT2D eigenvalue weighted by Crippen LogP contribution is 2.29. The summed E-state index contributed by atoms with van der Waals surface area (Å²) < 4.78 is 0. The van der Waals surface area contributed by atoms with Crippen molar-refractivity contribution in [2.75, 3.05) is 5.32 Å². The molecular formula is C12H14ClN5O2. The van der Waals surface area contributed by atoms with Gasteiger partial charge in [-0.25, -0.2) is 9.97 Å². The van der Waals surface area contributed by atoms with Crippen molar-refractivity contribution >= 4 is 23.1 Å². The third-order valence-corrected chi connectivity index (χ3v) is 3.10. The third-order valence-electron chi connectivity index (χ3n) is 2.81. The Morgan fingerprint density at radius 3 is 2.70 bits per heavy atom. The lowest BCUT2D eigenvalue weighted by Crippen LogP contribution is -2.19. The van der Waals surface area contributed by atoms with Crippen LogP contribution in [0.4, 0.5) is 11.5 Å². The zero-order chi connectivity index (χ0) is 14.7. The van der Waals surface area contributed by atoms with Crippen molar-refractivity contribution in [3.63, 3.8) is 0 Å². The first-order chi connectivity index (χ1) is 9.49. The number of hydrogen-bond donors (Lipinski definition) is 2. The first-order valence-electron chi connectivity index (χ1n) is 6.04. The fourth-order valence-electron chi connectivity index (χ4n) is 1.78. The molecule has 0 fully saturated rings. The van der Waals surface area contributed by atoms with Gasteiger partial charge in [0, 0.05) is 18.5 Å². The zero-order valence-corrected chi connectivity index (χ0v) is 11.8. The molecule has 7 nitrogen and oxygen atoms in total. The molecule has 8 heteroatoms. The van der Waals surface area contributed by atoms with E-state index in [2.05, 4.69) is 20.3 Å². The smallest absolute Gasteiger partial charge is 0.289 e. The molecule has 1 atom stereocenters. The SMILES string of the molecule is CC(C)[C@H](Nc1ncc([N+](=O)[O-])cc1Cl)c1ncc[nH]1. The first kappa shape index (κ1) is 14.3. The molecule has 0 radical (unpaired) electrons. The van der Waals surface area contributed by atoms with Crippen LogP contribution in [0.1, 0.15) is 25.7 Å². The molecule has 0 amide bonds. The van der Waals surface area contributed by atoms with E-state index in [9.17, 15) is 10.1 Å². The van der Waals surface area contributed by atoms with Gasteiger partial charge in [-0.1, -0.05) is 25.4 Å². The number of nitrogens with zero attached hydrogens (tertiary/aromatic N) is 3. The molecule has 20 heavy (non-hydrogen) atoms. The van der Waals surface area contributed by atoms with Crippen LogP contribution in [0.25, 0.3) is 0 Å². The molecular weight excluding hydrogens is 282 g/mol. The number of aromatic nitrogens is 3. The van der Waals surface area contributed by atoms with Gasteiger partial charge in [-0.3, -0.25) is 10.1 Å². The highest BCUT2D eigenvalue weighted by molar-refractivity contribution is 6.33. The standard InChI is InChI=1S/C12H14ClN5O2/c1-7(2)10(12-14-3-4-15-12)17-11-9(13)5-8(6-16-11)18(19)20/h3-7,10H,1-2H3,(H,14,15)(H,16,17)/t10-/m0/s1. The van der Waals surface area contributed by atoms with Gasteiger partial charge in [0.25, 0.3) is 5.69 Å². The maximum absolute atomic E-state index is 10.7. The average Bonchev–Trinajstić information content (AvgIpc) is 2.90. The molecule has 0 aromatic carbocycles. The van der Waals surface area contributed by atoms with E-state index in [1.807, 2.05) is 13.8 Å². The predicted molar refractivity (Wildman–Crippen MR) is 75.7 cm³/mol. The van der Waals surface area contributed by atoms with E-state index in [0.29, 0.717) is 5.82 Å². The normalized spacial score (nSPS) is 12.4. The average molecular weight is 296 g/mol. The molecule has 106 valence electrons. The molecule has 0 aliphatic heterocycles. The number of aromatic amines is 1. The largest absolute Gasteiger partial charge is 0.359 e. The Kier molecular flexibility index (Phi) is 4.19. The number of anilines is 1. The Bertz CT molecular complexity index is 600. The lowest BCUT2D eigenvalue weighted by molar-refractivity contribution is -0.385. The summed E-state index contributed by atoms with van der Waals surface area (Å²) in [6.45, 7) is 4.05. The predicted octanol–water partition coefficient (Wildman–Crippen LogP) is 3.18. The Morgan fingerprint density at radius 2 is 2.20 bits per heavy atom. The number of rotatable bonds is 5. The Labute approximate surface area is 120 Å². The van der Waals surface area contributed by atoms with Crippen LogP contribution in [0.15, 0.2) is 24.7 Å². The summed E-state index contributed by atoms with van der Waals surface area (Å²) in [7, 11) is 0. The van der Waals surface area contributed by atoms with Crippen molar-refractivity contribution in [2.24, 2.45) is 5.92 Å². The quantitative estimate of drug-likeness (QED) is 0.652. The van der Waals surface area contributed by atoms with Crippen molar-refractivity contribution in [1.82, 2.24) is 15.0 Å². The van der Waals surface area contributed by atoms with E-state index in [-0.39, 0.29) is 22.7 Å². The molecule has 2 heterocycles. The molecule has 2 aromatic rings. The number of nitro groups is 1. The fourth-order valence-corrected chi connectivity index (χ4v) is 1.99. The van der Waals surface area contributed by atoms with E-state index in [0.717, 1.165) is 5.82 Å². The number of H-pyrrole nitrogens is 1. The van der Waals surface area contributed by atoms with Crippen molar-refractivity contribution in [3.05, 3.63) is 45.6 Å². The minimum atomic E-state index is -0.533. The summed E-state index contributed by atoms with van der Waals surface area (Å²) >= 11 is 6.02. The molecule has 0 spiro atoms. The Balaban J connectivity index is 2.25. The lowest BCUT2D eigenvalue weighted by Gasteiger charge is -2.21. The number of hydrogen-bond acceptors (Lipinski definition) is 5. The summed E-state index contributed by atoms with van der Waals surface area (Å²) in [6, 6.07) is 1.16. The minimum Gasteiger partial charge on any atom is -0.359 e. The summed E-state index contributed by atoms with van der Waals surface area (Å²) in [4.78, 5) is 21.4. The molecule has 0 aliphatic carbocycles. The summed E-state index contributed by atoms with van der Waals surface area (Å²) in [6.07, 6.45) is 4.57. The molecule has 0 bridgehead atoms. The van der Waals surface area contributed by atoms with Gasteiger partial charge in [-0.15, -0.1) is 0 Å². The van der Waals surface area contributed by atoms with Crippen LogP contribution in [0.3, 0.4) is 0 Å². The molecule has 0 saturated carbocycles. The highest BCUT2D eigenvalue weighted by atomic mass is 35.5. The summed E-state index contributed by atoms with van der Waals surface area (Å²) in [5.41, 5.74) is -0.139. The van der Waals surface area contributed by atoms with Gasteiger partial charge >= 0.3 is 0 Å². The third kappa shape index (κ3) is 3.05. The van der Waals surface area contributed by atoms with Gasteiger partial charge in [0.1, 0.15) is 17.8 Å². The van der Waals surface area contributed by atoms with Gasteiger partial charge in [-0.05, 0) is 5.92 Å². The summed E-state index contributed by atoms with van der Waals surface area (Å²) in [5, 5.41) is 14.0. The molecule has 2 rings (SSSR count). The maximum atomic E-state index is 10.7. The highest BCUT2D eigenvalue weighted by Gasteiger charge is 2.20. The van der Waals surface area contributed by atoms with Gasteiger partial charge in [-0.2, -0.15) is 0 Å². The van der Waals surface area contributed by atoms with E-state index in [4.69, 9.17) is 11.6 Å². The second-order valence-corrected chi connectivity index (χ2v) is 5.03. The van der Waals surface area contributed by atoms with Crippen LogP contribution in [-0.2, 0) is 0 Å². The lowest BCUT2D eigenvalue weighted by atomic mass is 10.0. The second kappa shape index (κ2) is 5.87. The number of imidazole rings is 1. The second-order valence-electron chi connectivity index (χ2n) is 4.62. The molecule has 0 saturated heterocycles. The molecule has 0 aliphatic rings. The van der Waals surface area contributed by atoms with E-state index in [1.165, 1.54) is 12.3 Å². The van der Waals surface area contributed by atoms with Gasteiger partial charge in [0.2, 0.25) is 0 Å². The monoisotopic (exact) mass is 295 g/mol. The maximum Gasteiger partial charge on any atom is 0.289 e. The molecule has 0 unspecified atom stereocenters. The Hall–Kier alpha value is -2.15. The van der Waals surface area contributed by atoms with Crippen LogP contribution in [0.2, 0.25) is 5.02 Å². The van der Waals surface area contributed by atoms with Crippen LogP contribution in [0, 0.1) is 16.0 Å². The minimum absolute atomic E-state index is 0.114. The van der Waals surface area contributed by atoms with Crippen LogP contribution >= 0.6 is 11.6 Å². The number of halogens is 1. The van der Waals surface area contributed by atoms with Gasteiger partial charge < -0.3 is 10.3 Å². The van der Waals surface area contributed by atoms with Gasteiger partial charge in [0.05, 0.1) is 16.0 Å².